The van der Waals surface area contributed by atoms with Crippen molar-refractivity contribution in [2.24, 2.45) is 11.3 Å². The number of nitrogens with zero attached hydrogens (tertiary/aromatic N) is 1. The first-order chi connectivity index (χ1) is 7.56. The molecule has 1 saturated carbocycles. The maximum Gasteiger partial charge on any atom is 0.0923 e. The number of rotatable bonds is 4. The zero-order valence-electron chi connectivity index (χ0n) is 10.5. The Morgan fingerprint density at radius 3 is 2.94 bits per heavy atom. The van der Waals surface area contributed by atoms with E-state index in [4.69, 9.17) is 0 Å². The second-order valence-electron chi connectivity index (χ2n) is 6.03. The van der Waals surface area contributed by atoms with Gasteiger partial charge in [0.25, 0.3) is 0 Å². The van der Waals surface area contributed by atoms with E-state index in [1.165, 1.54) is 25.0 Å². The van der Waals surface area contributed by atoms with Gasteiger partial charge in [0.15, 0.2) is 0 Å². The highest BCUT2D eigenvalue weighted by molar-refractivity contribution is 5.19. The molecule has 1 N–H and O–H groups in total. The molecule has 0 amide bonds. The highest BCUT2D eigenvalue weighted by Gasteiger charge is 2.37. The van der Waals surface area contributed by atoms with Crippen LogP contribution in [0.4, 0.5) is 0 Å². The third-order valence-corrected chi connectivity index (χ3v) is 3.18. The van der Waals surface area contributed by atoms with Crippen LogP contribution in [0.15, 0.2) is 24.7 Å². The van der Waals surface area contributed by atoms with Gasteiger partial charge >= 0.3 is 0 Å². The number of nitrogens with one attached hydrogen (secondary N) is 1. The van der Waals surface area contributed by atoms with Crippen molar-refractivity contribution in [2.75, 3.05) is 0 Å². The first kappa shape index (κ1) is 11.4. The van der Waals surface area contributed by atoms with Crippen LogP contribution in [0.1, 0.15) is 51.6 Å². The van der Waals surface area contributed by atoms with E-state index in [0.717, 1.165) is 5.92 Å². The number of aromatic amines is 1. The van der Waals surface area contributed by atoms with E-state index in [-0.39, 0.29) is 0 Å². The zero-order valence-corrected chi connectivity index (χ0v) is 10.5. The van der Waals surface area contributed by atoms with Gasteiger partial charge in [0, 0.05) is 12.1 Å². The fourth-order valence-electron chi connectivity index (χ4n) is 2.03. The van der Waals surface area contributed by atoms with Crippen LogP contribution in [0, 0.1) is 11.3 Å². The molecule has 1 fully saturated rings. The second kappa shape index (κ2) is 4.44. The minimum Gasteiger partial charge on any atom is -0.351 e. The molecule has 2 nitrogen and oxygen atoms in total. The number of hydrogen-bond donors (Lipinski definition) is 1. The molecular weight excluding hydrogens is 196 g/mol. The first-order valence-corrected chi connectivity index (χ1v) is 6.21. The predicted octanol–water partition coefficient (Wildman–Crippen LogP) is 3.90. The van der Waals surface area contributed by atoms with E-state index in [1.807, 2.05) is 6.20 Å². The van der Waals surface area contributed by atoms with Crippen molar-refractivity contribution in [3.8, 4) is 0 Å². The minimum atomic E-state index is 0.454. The minimum absolute atomic E-state index is 0.454. The number of hydrogen-bond acceptors (Lipinski definition) is 1. The van der Waals surface area contributed by atoms with Gasteiger partial charge in [-0.2, -0.15) is 0 Å². The summed E-state index contributed by atoms with van der Waals surface area (Å²) in [7, 11) is 0. The predicted molar refractivity (Wildman–Crippen MR) is 67.3 cm³/mol. The lowest BCUT2D eigenvalue weighted by Crippen LogP contribution is -2.02. The van der Waals surface area contributed by atoms with Gasteiger partial charge in [-0.25, -0.2) is 4.98 Å². The molecule has 88 valence electrons. The van der Waals surface area contributed by atoms with E-state index in [9.17, 15) is 0 Å². The van der Waals surface area contributed by atoms with E-state index in [0.29, 0.717) is 11.3 Å². The van der Waals surface area contributed by atoms with E-state index >= 15 is 0 Å². The van der Waals surface area contributed by atoms with Gasteiger partial charge in [0.1, 0.15) is 0 Å². The maximum atomic E-state index is 4.31. The van der Waals surface area contributed by atoms with Gasteiger partial charge in [-0.15, -0.1) is 0 Å². The average Bonchev–Trinajstić information content (AvgIpc) is 2.75. The van der Waals surface area contributed by atoms with Gasteiger partial charge < -0.3 is 4.98 Å². The van der Waals surface area contributed by atoms with Crippen LogP contribution >= 0.6 is 0 Å². The van der Waals surface area contributed by atoms with Crippen LogP contribution in [0.2, 0.25) is 0 Å². The van der Waals surface area contributed by atoms with Gasteiger partial charge in [-0.05, 0) is 30.6 Å². The molecule has 2 heteroatoms. The number of allylic oxidation sites excluding steroid dienone is 2. The molecular formula is C14H22N2. The van der Waals surface area contributed by atoms with Gasteiger partial charge in [-0.1, -0.05) is 32.9 Å². The number of aromatic nitrogens is 2. The van der Waals surface area contributed by atoms with Crippen molar-refractivity contribution in [1.82, 2.24) is 9.97 Å². The zero-order chi connectivity index (χ0) is 11.6. The number of imidazole rings is 1. The molecule has 0 saturated heterocycles. The monoisotopic (exact) mass is 218 g/mol. The third kappa shape index (κ3) is 3.22. The summed E-state index contributed by atoms with van der Waals surface area (Å²) in [5, 5.41) is 0. The highest BCUT2D eigenvalue weighted by atomic mass is 14.9. The van der Waals surface area contributed by atoms with Crippen molar-refractivity contribution in [3.05, 3.63) is 30.4 Å². The molecule has 1 aliphatic rings. The fourth-order valence-corrected chi connectivity index (χ4v) is 2.03. The summed E-state index contributed by atoms with van der Waals surface area (Å²) >= 11 is 0. The van der Waals surface area contributed by atoms with E-state index in [2.05, 4.69) is 42.9 Å². The molecule has 1 aromatic rings. The van der Waals surface area contributed by atoms with Crippen LogP contribution in [0.3, 0.4) is 0 Å². The SMILES string of the molecule is CC(C)(C)CCC=CC1CC1c1c[nH]cn1. The molecule has 0 spiro atoms. The standard InChI is InChI=1S/C14H22N2/c1-14(2,3)7-5-4-6-11-8-12(11)13-9-15-10-16-13/h4,6,9-12H,5,7-8H2,1-3H3,(H,15,16). The van der Waals surface area contributed by atoms with Crippen molar-refractivity contribution >= 4 is 0 Å². The summed E-state index contributed by atoms with van der Waals surface area (Å²) < 4.78 is 0. The summed E-state index contributed by atoms with van der Waals surface area (Å²) in [6.07, 6.45) is 12.3. The molecule has 1 heterocycles. The Hall–Kier alpha value is -1.05. The number of H-pyrrole nitrogens is 1. The maximum absolute atomic E-state index is 4.31. The van der Waals surface area contributed by atoms with Crippen molar-refractivity contribution < 1.29 is 0 Å². The summed E-state index contributed by atoms with van der Waals surface area (Å²) in [5.41, 5.74) is 1.68. The van der Waals surface area contributed by atoms with Crippen molar-refractivity contribution in [1.29, 1.82) is 0 Å². The van der Waals surface area contributed by atoms with Crippen molar-refractivity contribution in [3.63, 3.8) is 0 Å². The van der Waals surface area contributed by atoms with E-state index < -0.39 is 0 Å². The topological polar surface area (TPSA) is 28.7 Å². The van der Waals surface area contributed by atoms with Crippen molar-refractivity contribution in [2.45, 2.75) is 46.0 Å². The lowest BCUT2D eigenvalue weighted by atomic mass is 9.90. The molecule has 0 aliphatic heterocycles. The van der Waals surface area contributed by atoms with Crippen LogP contribution in [0.5, 0.6) is 0 Å². The first-order valence-electron chi connectivity index (χ1n) is 6.21. The van der Waals surface area contributed by atoms with Crippen LogP contribution < -0.4 is 0 Å². The van der Waals surface area contributed by atoms with Gasteiger partial charge in [0.05, 0.1) is 12.0 Å². The summed E-state index contributed by atoms with van der Waals surface area (Å²) in [5.74, 6) is 1.42. The molecule has 1 aliphatic carbocycles. The Balaban J connectivity index is 1.71. The molecule has 2 unspecified atom stereocenters. The van der Waals surface area contributed by atoms with E-state index in [1.54, 1.807) is 6.33 Å². The van der Waals surface area contributed by atoms with Crippen LogP contribution in [-0.4, -0.2) is 9.97 Å². The Morgan fingerprint density at radius 2 is 2.31 bits per heavy atom. The quantitative estimate of drug-likeness (QED) is 0.763. The Morgan fingerprint density at radius 1 is 1.50 bits per heavy atom. The smallest absolute Gasteiger partial charge is 0.0923 e. The molecule has 2 rings (SSSR count). The molecule has 16 heavy (non-hydrogen) atoms. The third-order valence-electron chi connectivity index (χ3n) is 3.18. The lowest BCUT2D eigenvalue weighted by molar-refractivity contribution is 0.381. The average molecular weight is 218 g/mol. The molecule has 0 radical (unpaired) electrons. The Kier molecular flexibility index (Phi) is 3.17. The molecule has 0 aromatic carbocycles. The fraction of sp³-hybridized carbons (Fsp3) is 0.643. The van der Waals surface area contributed by atoms with Gasteiger partial charge in [0.2, 0.25) is 0 Å². The Labute approximate surface area is 98.2 Å². The second-order valence-corrected chi connectivity index (χ2v) is 6.03. The summed E-state index contributed by atoms with van der Waals surface area (Å²) in [6, 6.07) is 0. The lowest BCUT2D eigenvalue weighted by Gasteiger charge is -2.15. The Bertz CT molecular complexity index is 343. The molecule has 1 aromatic heterocycles. The molecule has 0 bridgehead atoms. The van der Waals surface area contributed by atoms with Crippen LogP contribution in [-0.2, 0) is 0 Å². The summed E-state index contributed by atoms with van der Waals surface area (Å²) in [6.45, 7) is 6.89. The normalized spacial score (nSPS) is 25.2. The largest absolute Gasteiger partial charge is 0.351 e. The van der Waals surface area contributed by atoms with Gasteiger partial charge in [-0.3, -0.25) is 0 Å². The molecule has 2 atom stereocenters. The van der Waals surface area contributed by atoms with Crippen LogP contribution in [0.25, 0.3) is 0 Å². The highest BCUT2D eigenvalue weighted by Crippen LogP contribution is 2.47. The summed E-state index contributed by atoms with van der Waals surface area (Å²) in [4.78, 5) is 7.33.